The molecule has 0 spiro atoms. The average Bonchev–Trinajstić information content (AvgIpc) is 2.97. The van der Waals surface area contributed by atoms with Crippen LogP contribution in [0.15, 0.2) is 91.0 Å². The van der Waals surface area contributed by atoms with Crippen molar-refractivity contribution in [1.29, 1.82) is 0 Å². The van der Waals surface area contributed by atoms with Gasteiger partial charge in [0.05, 0.1) is 0 Å². The van der Waals surface area contributed by atoms with Crippen molar-refractivity contribution in [3.63, 3.8) is 0 Å². The molecule has 1 N–H and O–H groups in total. The molecule has 0 saturated carbocycles. The first-order valence-electron chi connectivity index (χ1n) is 10.2. The van der Waals surface area contributed by atoms with Gasteiger partial charge in [-0.15, -0.1) is 0 Å². The van der Waals surface area contributed by atoms with Gasteiger partial charge in [-0.3, -0.25) is 0 Å². The lowest BCUT2D eigenvalue weighted by Crippen LogP contribution is -2.15. The molecule has 29 heavy (non-hydrogen) atoms. The maximum absolute atomic E-state index is 3.59. The standard InChI is InChI=1S/C28H25N/c1-19-8-10-20(11-9-19)21-12-14-22(15-13-21)29-23-16-17-25-24-6-4-5-7-26(24)28(2,3)27(25)18-23/h4-18,29H,1-3H3. The van der Waals surface area contributed by atoms with Gasteiger partial charge in [0.15, 0.2) is 0 Å². The summed E-state index contributed by atoms with van der Waals surface area (Å²) in [6, 6.07) is 32.9. The highest BCUT2D eigenvalue weighted by Gasteiger charge is 2.35. The van der Waals surface area contributed by atoms with Crippen molar-refractivity contribution in [2.75, 3.05) is 5.32 Å². The quantitative estimate of drug-likeness (QED) is 0.386. The molecular weight excluding hydrogens is 350 g/mol. The summed E-state index contributed by atoms with van der Waals surface area (Å²) in [6.45, 7) is 6.75. The van der Waals surface area contributed by atoms with E-state index in [9.17, 15) is 0 Å². The second kappa shape index (κ2) is 6.63. The van der Waals surface area contributed by atoms with Crippen molar-refractivity contribution in [2.24, 2.45) is 0 Å². The second-order valence-corrected chi connectivity index (χ2v) is 8.50. The van der Waals surface area contributed by atoms with Crippen LogP contribution in [0.25, 0.3) is 22.3 Å². The molecule has 4 aromatic rings. The first-order chi connectivity index (χ1) is 14.0. The molecule has 4 aromatic carbocycles. The van der Waals surface area contributed by atoms with Gasteiger partial charge in [0.25, 0.3) is 0 Å². The smallest absolute Gasteiger partial charge is 0.0387 e. The van der Waals surface area contributed by atoms with Crippen molar-refractivity contribution in [2.45, 2.75) is 26.2 Å². The monoisotopic (exact) mass is 375 g/mol. The molecule has 142 valence electrons. The van der Waals surface area contributed by atoms with Crippen LogP contribution in [0.5, 0.6) is 0 Å². The molecule has 0 unspecified atom stereocenters. The summed E-state index contributed by atoms with van der Waals surface area (Å²) in [4.78, 5) is 0. The van der Waals surface area contributed by atoms with Crippen LogP contribution >= 0.6 is 0 Å². The predicted molar refractivity (Wildman–Crippen MR) is 124 cm³/mol. The van der Waals surface area contributed by atoms with E-state index in [1.165, 1.54) is 38.9 Å². The van der Waals surface area contributed by atoms with Gasteiger partial charge >= 0.3 is 0 Å². The number of hydrogen-bond acceptors (Lipinski definition) is 1. The lowest BCUT2D eigenvalue weighted by molar-refractivity contribution is 0.660. The van der Waals surface area contributed by atoms with Gasteiger partial charge in [-0.1, -0.05) is 86.1 Å². The zero-order valence-corrected chi connectivity index (χ0v) is 17.2. The molecule has 1 heteroatoms. The Labute approximate surface area is 173 Å². The van der Waals surface area contributed by atoms with Crippen LogP contribution < -0.4 is 5.32 Å². The molecule has 0 amide bonds. The largest absolute Gasteiger partial charge is 0.356 e. The van der Waals surface area contributed by atoms with Crippen LogP contribution in [0.2, 0.25) is 0 Å². The summed E-state index contributed by atoms with van der Waals surface area (Å²) in [5.41, 5.74) is 11.6. The fourth-order valence-electron chi connectivity index (χ4n) is 4.44. The molecule has 0 aromatic heterocycles. The second-order valence-electron chi connectivity index (χ2n) is 8.50. The molecule has 0 heterocycles. The van der Waals surface area contributed by atoms with E-state index in [4.69, 9.17) is 0 Å². The van der Waals surface area contributed by atoms with E-state index in [1.807, 2.05) is 0 Å². The highest BCUT2D eigenvalue weighted by molar-refractivity contribution is 5.83. The summed E-state index contributed by atoms with van der Waals surface area (Å²) in [5.74, 6) is 0. The highest BCUT2D eigenvalue weighted by Crippen LogP contribution is 2.49. The Morgan fingerprint density at radius 3 is 1.90 bits per heavy atom. The van der Waals surface area contributed by atoms with E-state index in [2.05, 4.69) is 117 Å². The lowest BCUT2D eigenvalue weighted by Gasteiger charge is -2.22. The Kier molecular flexibility index (Phi) is 4.06. The Balaban J connectivity index is 1.42. The third-order valence-corrected chi connectivity index (χ3v) is 6.14. The minimum absolute atomic E-state index is 0.0267. The number of anilines is 2. The van der Waals surface area contributed by atoms with Crippen molar-refractivity contribution >= 4 is 11.4 Å². The third kappa shape index (κ3) is 3.03. The topological polar surface area (TPSA) is 12.0 Å². The molecule has 0 bridgehead atoms. The summed E-state index contributed by atoms with van der Waals surface area (Å²) in [7, 11) is 0. The summed E-state index contributed by atoms with van der Waals surface area (Å²) >= 11 is 0. The Bertz CT molecular complexity index is 1180. The fourth-order valence-corrected chi connectivity index (χ4v) is 4.44. The maximum Gasteiger partial charge on any atom is 0.0387 e. The van der Waals surface area contributed by atoms with Gasteiger partial charge in [0, 0.05) is 16.8 Å². The minimum Gasteiger partial charge on any atom is -0.356 e. The third-order valence-electron chi connectivity index (χ3n) is 6.14. The zero-order chi connectivity index (χ0) is 20.0. The first-order valence-corrected chi connectivity index (χ1v) is 10.2. The number of aryl methyl sites for hydroxylation is 1. The number of nitrogens with one attached hydrogen (secondary N) is 1. The van der Waals surface area contributed by atoms with E-state index in [1.54, 1.807) is 0 Å². The Hall–Kier alpha value is -3.32. The summed E-state index contributed by atoms with van der Waals surface area (Å²) < 4.78 is 0. The van der Waals surface area contributed by atoms with Crippen LogP contribution in [0.3, 0.4) is 0 Å². The summed E-state index contributed by atoms with van der Waals surface area (Å²) in [5, 5.41) is 3.59. The normalized spacial score (nSPS) is 13.6. The molecular formula is C28H25N. The van der Waals surface area contributed by atoms with E-state index in [0.717, 1.165) is 11.4 Å². The molecule has 0 atom stereocenters. The van der Waals surface area contributed by atoms with E-state index in [-0.39, 0.29) is 5.41 Å². The van der Waals surface area contributed by atoms with E-state index < -0.39 is 0 Å². The van der Waals surface area contributed by atoms with Crippen molar-refractivity contribution in [1.82, 2.24) is 0 Å². The highest BCUT2D eigenvalue weighted by atomic mass is 14.9. The SMILES string of the molecule is Cc1ccc(-c2ccc(Nc3ccc4c(c3)C(C)(C)c3ccccc3-4)cc2)cc1. The number of rotatable bonds is 3. The first kappa shape index (κ1) is 17.8. The van der Waals surface area contributed by atoms with E-state index in [0.29, 0.717) is 0 Å². The van der Waals surface area contributed by atoms with Gasteiger partial charge < -0.3 is 5.32 Å². The van der Waals surface area contributed by atoms with Crippen molar-refractivity contribution in [3.8, 4) is 22.3 Å². The van der Waals surface area contributed by atoms with Crippen LogP contribution in [0, 0.1) is 6.92 Å². The number of hydrogen-bond donors (Lipinski definition) is 1. The maximum atomic E-state index is 3.59. The van der Waals surface area contributed by atoms with Gasteiger partial charge in [-0.05, 0) is 64.6 Å². The van der Waals surface area contributed by atoms with Crippen molar-refractivity contribution < 1.29 is 0 Å². The minimum atomic E-state index is 0.0267. The van der Waals surface area contributed by atoms with E-state index >= 15 is 0 Å². The Morgan fingerprint density at radius 2 is 1.17 bits per heavy atom. The van der Waals surface area contributed by atoms with Crippen LogP contribution in [0.1, 0.15) is 30.5 Å². The summed E-state index contributed by atoms with van der Waals surface area (Å²) in [6.07, 6.45) is 0. The van der Waals surface area contributed by atoms with Gasteiger partial charge in [-0.25, -0.2) is 0 Å². The predicted octanol–water partition coefficient (Wildman–Crippen LogP) is 7.71. The van der Waals surface area contributed by atoms with Gasteiger partial charge in [-0.2, -0.15) is 0 Å². The van der Waals surface area contributed by atoms with Crippen LogP contribution in [0.4, 0.5) is 11.4 Å². The van der Waals surface area contributed by atoms with Gasteiger partial charge in [0.2, 0.25) is 0 Å². The molecule has 1 aliphatic rings. The van der Waals surface area contributed by atoms with Crippen LogP contribution in [-0.2, 0) is 5.41 Å². The van der Waals surface area contributed by atoms with Gasteiger partial charge in [0.1, 0.15) is 0 Å². The van der Waals surface area contributed by atoms with Crippen LogP contribution in [-0.4, -0.2) is 0 Å². The molecule has 0 saturated heterocycles. The molecule has 0 fully saturated rings. The molecule has 1 aliphatic carbocycles. The number of fused-ring (bicyclic) bond motifs is 3. The number of benzene rings is 4. The molecule has 5 rings (SSSR count). The fraction of sp³-hybridized carbons (Fsp3) is 0.143. The molecule has 0 aliphatic heterocycles. The average molecular weight is 376 g/mol. The van der Waals surface area contributed by atoms with Crippen molar-refractivity contribution in [3.05, 3.63) is 108 Å². The Morgan fingerprint density at radius 1 is 0.586 bits per heavy atom. The zero-order valence-electron chi connectivity index (χ0n) is 17.2. The lowest BCUT2D eigenvalue weighted by atomic mass is 9.82. The molecule has 0 radical (unpaired) electrons. The molecule has 1 nitrogen and oxygen atoms in total.